The van der Waals surface area contributed by atoms with E-state index in [2.05, 4.69) is 10.6 Å². The van der Waals surface area contributed by atoms with E-state index in [4.69, 9.17) is 5.11 Å². The smallest absolute Gasteiger partial charge is 0.317 e. The highest BCUT2D eigenvalue weighted by atomic mass is 16.4. The Kier molecular flexibility index (Phi) is 7.32. The molecule has 19 heavy (non-hydrogen) atoms. The summed E-state index contributed by atoms with van der Waals surface area (Å²) in [5.74, 6) is -1.57. The van der Waals surface area contributed by atoms with Crippen molar-refractivity contribution in [2.45, 2.75) is 6.92 Å². The average Bonchev–Trinajstić information content (AvgIpc) is 2.33. The van der Waals surface area contributed by atoms with Crippen molar-refractivity contribution in [1.82, 2.24) is 20.4 Å². The molecule has 0 saturated carbocycles. The normalized spacial score (nSPS) is 11.4. The topological polar surface area (TPSA) is 102 Å². The summed E-state index contributed by atoms with van der Waals surface area (Å²) in [5.41, 5.74) is 0. The van der Waals surface area contributed by atoms with Crippen molar-refractivity contribution in [3.8, 4) is 0 Å². The van der Waals surface area contributed by atoms with Crippen LogP contribution in [-0.4, -0.2) is 73.7 Å². The predicted octanol–water partition coefficient (Wildman–Crippen LogP) is -0.380. The van der Waals surface area contributed by atoms with Gasteiger partial charge in [-0.05, 0) is 0 Å². The Balaban J connectivity index is 3.86. The fourth-order valence-corrected chi connectivity index (χ4v) is 1.20. The van der Waals surface area contributed by atoms with Gasteiger partial charge in [-0.3, -0.25) is 4.79 Å². The van der Waals surface area contributed by atoms with Gasteiger partial charge in [-0.1, -0.05) is 6.92 Å². The number of amides is 4. The molecule has 8 heteroatoms. The number of carboxylic acid groups (broad SMARTS) is 1. The molecule has 0 aliphatic rings. The zero-order chi connectivity index (χ0) is 15.0. The molecule has 110 valence electrons. The molecule has 0 fully saturated rings. The molecule has 4 amide bonds. The summed E-state index contributed by atoms with van der Waals surface area (Å²) in [5, 5.41) is 13.9. The molecule has 8 nitrogen and oxygen atoms in total. The van der Waals surface area contributed by atoms with Crippen LogP contribution in [0.2, 0.25) is 0 Å². The zero-order valence-electron chi connectivity index (χ0n) is 11.8. The second-order valence-corrected chi connectivity index (χ2v) is 4.48. The Morgan fingerprint density at radius 2 is 1.53 bits per heavy atom. The van der Waals surface area contributed by atoms with Crippen LogP contribution in [-0.2, 0) is 4.79 Å². The molecule has 3 N–H and O–H groups in total. The van der Waals surface area contributed by atoms with Crippen molar-refractivity contribution in [1.29, 1.82) is 0 Å². The van der Waals surface area contributed by atoms with Crippen LogP contribution in [0.3, 0.4) is 0 Å². The SMILES string of the molecule is CC(CN(C)C(=O)NCCNC(=O)N(C)C)C(=O)O. The number of carbonyl (C=O) groups excluding carboxylic acids is 2. The standard InChI is InChI=1S/C11H22N4O4/c1-8(9(16)17)7-15(4)11(19)13-6-5-12-10(18)14(2)3/h8H,5-7H2,1-4H3,(H,12,18)(H,13,19)(H,16,17). The molecule has 0 aromatic carbocycles. The monoisotopic (exact) mass is 274 g/mol. The van der Waals surface area contributed by atoms with Crippen LogP contribution in [0.15, 0.2) is 0 Å². The fraction of sp³-hybridized carbons (Fsp3) is 0.727. The number of hydrogen-bond acceptors (Lipinski definition) is 3. The first kappa shape index (κ1) is 17.0. The van der Waals surface area contributed by atoms with Crippen molar-refractivity contribution in [3.05, 3.63) is 0 Å². The number of nitrogens with zero attached hydrogens (tertiary/aromatic N) is 2. The van der Waals surface area contributed by atoms with Crippen LogP contribution in [0.4, 0.5) is 9.59 Å². The number of carboxylic acids is 1. The molecule has 0 aromatic rings. The van der Waals surface area contributed by atoms with Crippen molar-refractivity contribution in [2.75, 3.05) is 40.8 Å². The van der Waals surface area contributed by atoms with Gasteiger partial charge >= 0.3 is 18.0 Å². The average molecular weight is 274 g/mol. The molecule has 0 saturated heterocycles. The lowest BCUT2D eigenvalue weighted by Crippen LogP contribution is -2.44. The van der Waals surface area contributed by atoms with Crippen LogP contribution in [0.1, 0.15) is 6.92 Å². The van der Waals surface area contributed by atoms with Crippen LogP contribution >= 0.6 is 0 Å². The van der Waals surface area contributed by atoms with E-state index in [0.29, 0.717) is 6.54 Å². The van der Waals surface area contributed by atoms with Crippen LogP contribution in [0.5, 0.6) is 0 Å². The maximum atomic E-state index is 11.6. The second kappa shape index (κ2) is 8.17. The Morgan fingerprint density at radius 3 is 1.95 bits per heavy atom. The van der Waals surface area contributed by atoms with Gasteiger partial charge in [0.25, 0.3) is 0 Å². The first-order chi connectivity index (χ1) is 8.75. The van der Waals surface area contributed by atoms with Gasteiger partial charge in [0, 0.05) is 40.8 Å². The van der Waals surface area contributed by atoms with Crippen molar-refractivity contribution >= 4 is 18.0 Å². The highest BCUT2D eigenvalue weighted by Crippen LogP contribution is 1.98. The van der Waals surface area contributed by atoms with Gasteiger partial charge < -0.3 is 25.5 Å². The number of urea groups is 2. The van der Waals surface area contributed by atoms with Crippen molar-refractivity contribution in [3.63, 3.8) is 0 Å². The summed E-state index contributed by atoms with van der Waals surface area (Å²) in [6, 6.07) is -0.602. The zero-order valence-corrected chi connectivity index (χ0v) is 11.8. The molecule has 0 aromatic heterocycles. The molecule has 0 spiro atoms. The summed E-state index contributed by atoms with van der Waals surface area (Å²) in [6.07, 6.45) is 0. The van der Waals surface area contributed by atoms with Gasteiger partial charge in [0.1, 0.15) is 0 Å². The summed E-state index contributed by atoms with van der Waals surface area (Å²) < 4.78 is 0. The van der Waals surface area contributed by atoms with Crippen LogP contribution in [0, 0.1) is 5.92 Å². The molecule has 0 aliphatic heterocycles. The summed E-state index contributed by atoms with van der Waals surface area (Å²) >= 11 is 0. The summed E-state index contributed by atoms with van der Waals surface area (Å²) in [7, 11) is 4.76. The Hall–Kier alpha value is -1.99. The summed E-state index contributed by atoms with van der Waals surface area (Å²) in [4.78, 5) is 36.1. The molecule has 0 heterocycles. The maximum Gasteiger partial charge on any atom is 0.317 e. The van der Waals surface area contributed by atoms with E-state index in [0.717, 1.165) is 0 Å². The number of nitrogens with one attached hydrogen (secondary N) is 2. The van der Waals surface area contributed by atoms with E-state index in [1.54, 1.807) is 14.1 Å². The van der Waals surface area contributed by atoms with Crippen LogP contribution in [0.25, 0.3) is 0 Å². The van der Waals surface area contributed by atoms with Crippen molar-refractivity contribution in [2.24, 2.45) is 5.92 Å². The quantitative estimate of drug-likeness (QED) is 0.574. The largest absolute Gasteiger partial charge is 0.481 e. The third-order valence-electron chi connectivity index (χ3n) is 2.40. The molecule has 1 atom stereocenters. The molecular weight excluding hydrogens is 252 g/mol. The number of carbonyl (C=O) groups is 3. The molecule has 0 radical (unpaired) electrons. The third-order valence-corrected chi connectivity index (χ3v) is 2.40. The van der Waals surface area contributed by atoms with Gasteiger partial charge in [-0.25, -0.2) is 9.59 Å². The molecule has 0 bridgehead atoms. The van der Waals surface area contributed by atoms with E-state index in [9.17, 15) is 14.4 Å². The Bertz CT molecular complexity index is 333. The lowest BCUT2D eigenvalue weighted by atomic mass is 10.2. The number of aliphatic carboxylic acids is 1. The van der Waals surface area contributed by atoms with Gasteiger partial charge in [-0.15, -0.1) is 0 Å². The predicted molar refractivity (Wildman–Crippen MR) is 69.9 cm³/mol. The first-order valence-corrected chi connectivity index (χ1v) is 5.92. The van der Waals surface area contributed by atoms with E-state index < -0.39 is 11.9 Å². The van der Waals surface area contributed by atoms with Gasteiger partial charge in [-0.2, -0.15) is 0 Å². The Morgan fingerprint density at radius 1 is 1.05 bits per heavy atom. The number of hydrogen-bond donors (Lipinski definition) is 3. The minimum Gasteiger partial charge on any atom is -0.481 e. The third kappa shape index (κ3) is 7.12. The highest BCUT2D eigenvalue weighted by molar-refractivity contribution is 5.76. The molecule has 1 unspecified atom stereocenters. The lowest BCUT2D eigenvalue weighted by molar-refractivity contribution is -0.141. The summed E-state index contributed by atoms with van der Waals surface area (Å²) in [6.45, 7) is 2.25. The minimum absolute atomic E-state index is 0.130. The highest BCUT2D eigenvalue weighted by Gasteiger charge is 2.16. The number of rotatable bonds is 6. The lowest BCUT2D eigenvalue weighted by Gasteiger charge is -2.20. The Labute approximate surface area is 112 Å². The van der Waals surface area contributed by atoms with E-state index >= 15 is 0 Å². The second-order valence-electron chi connectivity index (χ2n) is 4.48. The van der Waals surface area contributed by atoms with Gasteiger partial charge in [0.15, 0.2) is 0 Å². The van der Waals surface area contributed by atoms with E-state index in [-0.39, 0.29) is 25.2 Å². The van der Waals surface area contributed by atoms with Gasteiger partial charge in [0.05, 0.1) is 5.92 Å². The fourth-order valence-electron chi connectivity index (χ4n) is 1.20. The minimum atomic E-state index is -0.946. The van der Waals surface area contributed by atoms with Crippen molar-refractivity contribution < 1.29 is 19.5 Å². The molecule has 0 aliphatic carbocycles. The van der Waals surface area contributed by atoms with Gasteiger partial charge in [0.2, 0.25) is 0 Å². The molecular formula is C11H22N4O4. The first-order valence-electron chi connectivity index (χ1n) is 5.92. The van der Waals surface area contributed by atoms with Crippen LogP contribution < -0.4 is 10.6 Å². The van der Waals surface area contributed by atoms with E-state index in [1.165, 1.54) is 23.8 Å². The van der Waals surface area contributed by atoms with E-state index in [1.807, 2.05) is 0 Å². The molecule has 0 rings (SSSR count). The maximum absolute atomic E-state index is 11.6.